The van der Waals surface area contributed by atoms with E-state index in [0.29, 0.717) is 12.6 Å². The van der Waals surface area contributed by atoms with E-state index in [2.05, 4.69) is 15.5 Å². The molecule has 5 nitrogen and oxygen atoms in total. The maximum atomic E-state index is 11.7. The van der Waals surface area contributed by atoms with E-state index in [4.69, 9.17) is 0 Å². The van der Waals surface area contributed by atoms with Crippen molar-refractivity contribution in [2.75, 3.05) is 19.6 Å². The molecule has 1 saturated carbocycles. The number of carbonyl (C=O) groups is 2. The van der Waals surface area contributed by atoms with Crippen LogP contribution in [-0.2, 0) is 4.79 Å². The summed E-state index contributed by atoms with van der Waals surface area (Å²) >= 11 is 0. The molecule has 1 saturated heterocycles. The van der Waals surface area contributed by atoms with Gasteiger partial charge in [-0.2, -0.15) is 0 Å². The molecule has 0 bridgehead atoms. The lowest BCUT2D eigenvalue weighted by molar-refractivity contribution is -0.121. The molecule has 1 heterocycles. The van der Waals surface area contributed by atoms with Gasteiger partial charge in [0.05, 0.1) is 6.54 Å². The molecule has 3 amide bonds. The van der Waals surface area contributed by atoms with E-state index in [0.717, 1.165) is 38.8 Å². The number of hydrogen-bond acceptors (Lipinski definition) is 3. The Bertz CT molecular complexity index is 295. The summed E-state index contributed by atoms with van der Waals surface area (Å²) in [5.74, 6) is -0.186. The maximum absolute atomic E-state index is 11.7. The Hall–Kier alpha value is -1.10. The second kappa shape index (κ2) is 6.73. The number of rotatable bonds is 3. The highest BCUT2D eigenvalue weighted by atomic mass is 16.2. The highest BCUT2D eigenvalue weighted by Crippen LogP contribution is 2.18. The van der Waals surface area contributed by atoms with Crippen molar-refractivity contribution in [2.24, 2.45) is 0 Å². The molecule has 0 aromatic heterocycles. The van der Waals surface area contributed by atoms with Gasteiger partial charge >= 0.3 is 6.03 Å². The lowest BCUT2D eigenvalue weighted by atomic mass is 10.1. The fourth-order valence-electron chi connectivity index (χ4n) is 2.29. The van der Waals surface area contributed by atoms with Crippen LogP contribution < -0.4 is 10.6 Å². The molecule has 2 N–H and O–H groups in total. The third-order valence-corrected chi connectivity index (χ3v) is 3.48. The minimum absolute atomic E-state index is 0.186. The lowest BCUT2D eigenvalue weighted by Gasteiger charge is -2.23. The topological polar surface area (TPSA) is 61.4 Å². The third-order valence-electron chi connectivity index (χ3n) is 3.48. The minimum Gasteiger partial charge on any atom is -0.335 e. The number of hydrogen-bond donors (Lipinski definition) is 2. The Balaban J connectivity index is 1.66. The maximum Gasteiger partial charge on any atom is 0.321 e. The van der Waals surface area contributed by atoms with Gasteiger partial charge < -0.3 is 5.32 Å². The second-order valence-corrected chi connectivity index (χ2v) is 5.34. The van der Waals surface area contributed by atoms with Gasteiger partial charge in [0.2, 0.25) is 5.91 Å². The number of amides is 3. The molecular formula is C13H23N3O2. The van der Waals surface area contributed by atoms with Crippen LogP contribution in [0.1, 0.15) is 44.9 Å². The van der Waals surface area contributed by atoms with Crippen molar-refractivity contribution in [3.05, 3.63) is 0 Å². The SMILES string of the molecule is O=C(CN1CCCCCCC1)NC(=O)NC1CC1. The zero-order chi connectivity index (χ0) is 12.8. The number of nitrogens with one attached hydrogen (secondary N) is 2. The van der Waals surface area contributed by atoms with Crippen LogP contribution in [0.25, 0.3) is 0 Å². The Morgan fingerprint density at radius 3 is 2.22 bits per heavy atom. The molecule has 1 aliphatic heterocycles. The van der Waals surface area contributed by atoms with Crippen molar-refractivity contribution in [2.45, 2.75) is 51.0 Å². The molecule has 18 heavy (non-hydrogen) atoms. The van der Waals surface area contributed by atoms with E-state index in [1.165, 1.54) is 19.3 Å². The van der Waals surface area contributed by atoms with Crippen LogP contribution in [0.4, 0.5) is 4.79 Å². The first kappa shape index (κ1) is 13.3. The first-order valence-corrected chi connectivity index (χ1v) is 7.07. The van der Waals surface area contributed by atoms with Crippen molar-refractivity contribution in [3.8, 4) is 0 Å². The largest absolute Gasteiger partial charge is 0.335 e. The Labute approximate surface area is 108 Å². The molecule has 1 aliphatic carbocycles. The molecule has 0 aromatic rings. The molecule has 5 heteroatoms. The van der Waals surface area contributed by atoms with Crippen molar-refractivity contribution >= 4 is 11.9 Å². The lowest BCUT2D eigenvalue weighted by Crippen LogP contribution is -2.45. The number of nitrogens with zero attached hydrogens (tertiary/aromatic N) is 1. The van der Waals surface area contributed by atoms with Gasteiger partial charge in [-0.3, -0.25) is 15.0 Å². The van der Waals surface area contributed by atoms with E-state index >= 15 is 0 Å². The molecule has 0 radical (unpaired) electrons. The first-order valence-electron chi connectivity index (χ1n) is 7.07. The quantitative estimate of drug-likeness (QED) is 0.795. The standard InChI is InChI=1S/C13H23N3O2/c17-12(15-13(18)14-11-6-7-11)10-16-8-4-2-1-3-5-9-16/h11H,1-10H2,(H2,14,15,17,18). The fraction of sp³-hybridized carbons (Fsp3) is 0.846. The average Bonchev–Trinajstić information content (AvgIpc) is 3.05. The van der Waals surface area contributed by atoms with Gasteiger partial charge in [-0.05, 0) is 38.8 Å². The molecule has 0 atom stereocenters. The molecule has 2 rings (SSSR count). The van der Waals surface area contributed by atoms with Crippen LogP contribution in [0, 0.1) is 0 Å². The van der Waals surface area contributed by atoms with Crippen molar-refractivity contribution in [1.82, 2.24) is 15.5 Å². The van der Waals surface area contributed by atoms with E-state index < -0.39 is 0 Å². The van der Waals surface area contributed by atoms with Gasteiger partial charge in [-0.15, -0.1) is 0 Å². The van der Waals surface area contributed by atoms with Crippen LogP contribution in [-0.4, -0.2) is 42.5 Å². The smallest absolute Gasteiger partial charge is 0.321 e. The normalized spacial score (nSPS) is 21.8. The average molecular weight is 253 g/mol. The Morgan fingerprint density at radius 2 is 1.61 bits per heavy atom. The number of likely N-dealkylation sites (tertiary alicyclic amines) is 1. The molecule has 0 unspecified atom stereocenters. The summed E-state index contributed by atoms with van der Waals surface area (Å²) in [5.41, 5.74) is 0. The van der Waals surface area contributed by atoms with Crippen LogP contribution >= 0.6 is 0 Å². The Kier molecular flexibility index (Phi) is 4.99. The van der Waals surface area contributed by atoms with Gasteiger partial charge in [0.1, 0.15) is 0 Å². The first-order chi connectivity index (χ1) is 8.74. The van der Waals surface area contributed by atoms with Gasteiger partial charge in [0.25, 0.3) is 0 Å². The number of carbonyl (C=O) groups excluding carboxylic acids is 2. The summed E-state index contributed by atoms with van der Waals surface area (Å²) in [7, 11) is 0. The van der Waals surface area contributed by atoms with Gasteiger partial charge in [0, 0.05) is 6.04 Å². The summed E-state index contributed by atoms with van der Waals surface area (Å²) in [6, 6.07) is -0.0472. The highest BCUT2D eigenvalue weighted by Gasteiger charge is 2.24. The third kappa shape index (κ3) is 5.04. The predicted molar refractivity (Wildman–Crippen MR) is 69.2 cm³/mol. The van der Waals surface area contributed by atoms with Crippen LogP contribution in [0.3, 0.4) is 0 Å². The van der Waals surface area contributed by atoms with Gasteiger partial charge in [-0.25, -0.2) is 4.79 Å². The summed E-state index contributed by atoms with van der Waals surface area (Å²) < 4.78 is 0. The molecule has 0 spiro atoms. The van der Waals surface area contributed by atoms with Crippen molar-refractivity contribution < 1.29 is 9.59 Å². The van der Waals surface area contributed by atoms with E-state index in [1.54, 1.807) is 0 Å². The Morgan fingerprint density at radius 1 is 1.00 bits per heavy atom. The van der Waals surface area contributed by atoms with Crippen LogP contribution in [0.15, 0.2) is 0 Å². The summed E-state index contributed by atoms with van der Waals surface area (Å²) in [6.45, 7) is 2.29. The number of urea groups is 1. The van der Waals surface area contributed by atoms with Crippen LogP contribution in [0.2, 0.25) is 0 Å². The monoisotopic (exact) mass is 253 g/mol. The summed E-state index contributed by atoms with van der Waals surface area (Å²) in [4.78, 5) is 25.3. The fourth-order valence-corrected chi connectivity index (χ4v) is 2.29. The van der Waals surface area contributed by atoms with Gasteiger partial charge in [-0.1, -0.05) is 19.3 Å². The van der Waals surface area contributed by atoms with E-state index in [1.807, 2.05) is 0 Å². The number of imide groups is 1. The van der Waals surface area contributed by atoms with E-state index in [9.17, 15) is 9.59 Å². The van der Waals surface area contributed by atoms with Crippen molar-refractivity contribution in [1.29, 1.82) is 0 Å². The summed E-state index contributed by atoms with van der Waals surface area (Å²) in [5, 5.41) is 5.16. The highest BCUT2D eigenvalue weighted by molar-refractivity contribution is 5.95. The molecule has 0 aromatic carbocycles. The molecule has 2 aliphatic rings. The molecule has 102 valence electrons. The minimum atomic E-state index is -0.338. The molecular weight excluding hydrogens is 230 g/mol. The van der Waals surface area contributed by atoms with Gasteiger partial charge in [0.15, 0.2) is 0 Å². The summed E-state index contributed by atoms with van der Waals surface area (Å²) in [6.07, 6.45) is 8.19. The van der Waals surface area contributed by atoms with E-state index in [-0.39, 0.29) is 11.9 Å². The predicted octanol–water partition coefficient (Wildman–Crippen LogP) is 1.24. The van der Waals surface area contributed by atoms with Crippen LogP contribution in [0.5, 0.6) is 0 Å². The zero-order valence-electron chi connectivity index (χ0n) is 10.9. The second-order valence-electron chi connectivity index (χ2n) is 5.34. The zero-order valence-corrected chi connectivity index (χ0v) is 10.9. The van der Waals surface area contributed by atoms with Crippen molar-refractivity contribution in [3.63, 3.8) is 0 Å². The molecule has 2 fully saturated rings.